The van der Waals surface area contributed by atoms with E-state index in [-0.39, 0.29) is 0 Å². The molecule has 0 saturated heterocycles. The van der Waals surface area contributed by atoms with Gasteiger partial charge in [-0.1, -0.05) is 38.0 Å². The molecule has 2 atom stereocenters. The van der Waals surface area contributed by atoms with Crippen molar-refractivity contribution in [3.05, 3.63) is 21.9 Å². The van der Waals surface area contributed by atoms with Gasteiger partial charge in [0.1, 0.15) is 0 Å². The Morgan fingerprint density at radius 2 is 2.32 bits per heavy atom. The molecular formula is C16H23NOS. The number of hydrogen-bond acceptors (Lipinski definition) is 3. The Balaban J connectivity index is 1.80. The second kappa shape index (κ2) is 7.69. The summed E-state index contributed by atoms with van der Waals surface area (Å²) in [6.07, 6.45) is 6.91. The third kappa shape index (κ3) is 4.65. The Morgan fingerprint density at radius 3 is 3.11 bits per heavy atom. The van der Waals surface area contributed by atoms with Gasteiger partial charge >= 0.3 is 0 Å². The minimum absolute atomic E-state index is 0.421. The van der Waals surface area contributed by atoms with Crippen LogP contribution < -0.4 is 5.73 Å². The highest BCUT2D eigenvalue weighted by Crippen LogP contribution is 2.29. The van der Waals surface area contributed by atoms with Gasteiger partial charge in [-0.15, -0.1) is 11.3 Å². The van der Waals surface area contributed by atoms with Crippen LogP contribution in [0.2, 0.25) is 0 Å². The molecule has 0 amide bonds. The van der Waals surface area contributed by atoms with Crippen LogP contribution in [0.3, 0.4) is 0 Å². The Kier molecular flexibility index (Phi) is 5.91. The van der Waals surface area contributed by atoms with Crippen molar-refractivity contribution in [2.75, 3.05) is 6.54 Å². The van der Waals surface area contributed by atoms with Gasteiger partial charge in [-0.3, -0.25) is 0 Å². The summed E-state index contributed by atoms with van der Waals surface area (Å²) in [6.45, 7) is 3.44. The van der Waals surface area contributed by atoms with Gasteiger partial charge in [0.2, 0.25) is 0 Å². The van der Waals surface area contributed by atoms with Crippen LogP contribution in [0.15, 0.2) is 12.1 Å². The molecule has 0 radical (unpaired) electrons. The molecule has 1 saturated carbocycles. The van der Waals surface area contributed by atoms with Crippen LogP contribution in [-0.4, -0.2) is 12.6 Å². The maximum atomic E-state index is 6.06. The zero-order valence-electron chi connectivity index (χ0n) is 11.7. The predicted octanol–water partition coefficient (Wildman–Crippen LogP) is 3.54. The third-order valence-electron chi connectivity index (χ3n) is 3.75. The monoisotopic (exact) mass is 277 g/mol. The van der Waals surface area contributed by atoms with E-state index in [1.54, 1.807) is 11.3 Å². The molecule has 1 aromatic rings. The molecule has 1 aliphatic rings. The highest BCUT2D eigenvalue weighted by molar-refractivity contribution is 7.12. The lowest BCUT2D eigenvalue weighted by atomic mass is 9.85. The van der Waals surface area contributed by atoms with E-state index in [2.05, 4.69) is 30.9 Å². The molecule has 0 aliphatic heterocycles. The number of rotatable bonds is 4. The van der Waals surface area contributed by atoms with Crippen molar-refractivity contribution in [2.24, 2.45) is 11.7 Å². The van der Waals surface area contributed by atoms with Crippen LogP contribution in [0.4, 0.5) is 0 Å². The summed E-state index contributed by atoms with van der Waals surface area (Å²) >= 11 is 1.71. The van der Waals surface area contributed by atoms with Crippen molar-refractivity contribution in [1.82, 2.24) is 0 Å². The molecule has 19 heavy (non-hydrogen) atoms. The van der Waals surface area contributed by atoms with E-state index in [0.717, 1.165) is 17.4 Å². The summed E-state index contributed by atoms with van der Waals surface area (Å²) in [4.78, 5) is 2.35. The summed E-state index contributed by atoms with van der Waals surface area (Å²) < 4.78 is 6.06. The first-order valence-electron chi connectivity index (χ1n) is 7.21. The summed E-state index contributed by atoms with van der Waals surface area (Å²) in [7, 11) is 0. The van der Waals surface area contributed by atoms with Crippen LogP contribution in [0.1, 0.15) is 48.8 Å². The van der Waals surface area contributed by atoms with Gasteiger partial charge in [0.15, 0.2) is 0 Å². The Labute approximate surface area is 120 Å². The second-order valence-corrected chi connectivity index (χ2v) is 6.31. The molecule has 2 nitrogen and oxygen atoms in total. The summed E-state index contributed by atoms with van der Waals surface area (Å²) in [5.74, 6) is 6.82. The maximum Gasteiger partial charge on any atom is 0.0813 e. The molecule has 0 bridgehead atoms. The van der Waals surface area contributed by atoms with E-state index in [9.17, 15) is 0 Å². The minimum Gasteiger partial charge on any atom is -0.373 e. The van der Waals surface area contributed by atoms with Crippen molar-refractivity contribution < 1.29 is 4.74 Å². The molecule has 1 heterocycles. The zero-order valence-corrected chi connectivity index (χ0v) is 12.5. The van der Waals surface area contributed by atoms with Gasteiger partial charge in [-0.2, -0.15) is 0 Å². The standard InChI is InChI=1S/C16H23NOS/c1-2-13-5-3-6-14(11-13)18-12-16-9-8-15(19-16)7-4-10-17/h8-9,13-14H,2-3,5-6,10-12,17H2,1H3. The van der Waals surface area contributed by atoms with E-state index in [4.69, 9.17) is 10.5 Å². The van der Waals surface area contributed by atoms with E-state index < -0.39 is 0 Å². The average Bonchev–Trinajstić information content (AvgIpc) is 2.91. The van der Waals surface area contributed by atoms with Gasteiger partial charge in [0.05, 0.1) is 24.1 Å². The van der Waals surface area contributed by atoms with Crippen LogP contribution in [0.5, 0.6) is 0 Å². The number of nitrogens with two attached hydrogens (primary N) is 1. The van der Waals surface area contributed by atoms with Crippen molar-refractivity contribution in [1.29, 1.82) is 0 Å². The molecule has 2 unspecified atom stereocenters. The smallest absolute Gasteiger partial charge is 0.0813 e. The van der Waals surface area contributed by atoms with Crippen molar-refractivity contribution >= 4 is 11.3 Å². The minimum atomic E-state index is 0.421. The Morgan fingerprint density at radius 1 is 1.42 bits per heavy atom. The van der Waals surface area contributed by atoms with Gasteiger partial charge < -0.3 is 10.5 Å². The third-order valence-corrected chi connectivity index (χ3v) is 4.72. The molecule has 104 valence electrons. The molecule has 1 aliphatic carbocycles. The maximum absolute atomic E-state index is 6.06. The number of hydrogen-bond donors (Lipinski definition) is 1. The first-order chi connectivity index (χ1) is 9.31. The molecule has 2 N–H and O–H groups in total. The van der Waals surface area contributed by atoms with Crippen LogP contribution >= 0.6 is 11.3 Å². The lowest BCUT2D eigenvalue weighted by molar-refractivity contribution is 0.00298. The van der Waals surface area contributed by atoms with Crippen molar-refractivity contribution in [3.8, 4) is 11.8 Å². The van der Waals surface area contributed by atoms with Gasteiger partial charge in [-0.05, 0) is 30.9 Å². The second-order valence-electron chi connectivity index (χ2n) is 5.15. The van der Waals surface area contributed by atoms with E-state index in [0.29, 0.717) is 12.6 Å². The molecule has 1 fully saturated rings. The van der Waals surface area contributed by atoms with Gasteiger partial charge in [0.25, 0.3) is 0 Å². The lowest BCUT2D eigenvalue weighted by Gasteiger charge is -2.28. The molecule has 3 heteroatoms. The fourth-order valence-corrected chi connectivity index (χ4v) is 3.43. The van der Waals surface area contributed by atoms with E-state index in [1.165, 1.54) is 37.0 Å². The van der Waals surface area contributed by atoms with E-state index >= 15 is 0 Å². The predicted molar refractivity (Wildman–Crippen MR) is 81.1 cm³/mol. The van der Waals surface area contributed by atoms with Crippen molar-refractivity contribution in [2.45, 2.75) is 51.7 Å². The first kappa shape index (κ1) is 14.6. The highest BCUT2D eigenvalue weighted by atomic mass is 32.1. The first-order valence-corrected chi connectivity index (χ1v) is 8.02. The largest absolute Gasteiger partial charge is 0.373 e. The topological polar surface area (TPSA) is 35.2 Å². The summed E-state index contributed by atoms with van der Waals surface area (Å²) in [5.41, 5.74) is 5.37. The lowest BCUT2D eigenvalue weighted by Crippen LogP contribution is -2.22. The van der Waals surface area contributed by atoms with Crippen molar-refractivity contribution in [3.63, 3.8) is 0 Å². The average molecular weight is 277 g/mol. The number of ether oxygens (including phenoxy) is 1. The SMILES string of the molecule is CCC1CCCC(OCc2ccc(C#CCN)s2)C1. The summed E-state index contributed by atoms with van der Waals surface area (Å²) in [6, 6.07) is 4.17. The fourth-order valence-electron chi connectivity index (χ4n) is 2.62. The quantitative estimate of drug-likeness (QED) is 0.854. The van der Waals surface area contributed by atoms with Crippen LogP contribution in [-0.2, 0) is 11.3 Å². The number of thiophene rings is 1. The Hall–Kier alpha value is -0.820. The molecular weight excluding hydrogens is 254 g/mol. The molecule has 0 aromatic carbocycles. The fraction of sp³-hybridized carbons (Fsp3) is 0.625. The van der Waals surface area contributed by atoms with Gasteiger partial charge in [-0.25, -0.2) is 0 Å². The Bertz CT molecular complexity index is 443. The normalized spacial score (nSPS) is 22.8. The molecule has 2 rings (SSSR count). The molecule has 0 spiro atoms. The van der Waals surface area contributed by atoms with Crippen LogP contribution in [0, 0.1) is 17.8 Å². The summed E-state index contributed by atoms with van der Waals surface area (Å²) in [5, 5.41) is 0. The van der Waals surface area contributed by atoms with Crippen LogP contribution in [0.25, 0.3) is 0 Å². The van der Waals surface area contributed by atoms with E-state index in [1.807, 2.05) is 0 Å². The van der Waals surface area contributed by atoms with Gasteiger partial charge in [0, 0.05) is 4.88 Å². The zero-order chi connectivity index (χ0) is 13.5. The highest BCUT2D eigenvalue weighted by Gasteiger charge is 2.21. The molecule has 1 aromatic heterocycles.